The Morgan fingerprint density at radius 2 is 1.87 bits per heavy atom. The number of benzene rings is 1. The molecule has 3 aromatic rings. The number of rotatable bonds is 11. The second-order valence-corrected chi connectivity index (χ2v) is 13.7. The third-order valence-corrected chi connectivity index (χ3v) is 8.76. The highest BCUT2D eigenvalue weighted by Crippen LogP contribution is 2.37. The van der Waals surface area contributed by atoms with Crippen molar-refractivity contribution in [1.29, 1.82) is 0 Å². The number of sulfone groups is 1. The van der Waals surface area contributed by atoms with Crippen LogP contribution in [-0.4, -0.2) is 71.7 Å². The summed E-state index contributed by atoms with van der Waals surface area (Å²) in [5.41, 5.74) is 0.110. The normalized spacial score (nSPS) is 12.8. The zero-order chi connectivity index (χ0) is 29.1. The van der Waals surface area contributed by atoms with E-state index in [0.717, 1.165) is 12.3 Å². The minimum Gasteiger partial charge on any atom is -0.465 e. The van der Waals surface area contributed by atoms with E-state index in [-0.39, 0.29) is 34.8 Å². The van der Waals surface area contributed by atoms with Gasteiger partial charge in [0.2, 0.25) is 16.0 Å². The van der Waals surface area contributed by atoms with Crippen LogP contribution >= 0.6 is 11.6 Å². The highest BCUT2D eigenvalue weighted by molar-refractivity contribution is 8.08. The number of carboxylic acid groups (broad SMARTS) is 1. The number of hydrogen-bond acceptors (Lipinski definition) is 9. The van der Waals surface area contributed by atoms with Crippen molar-refractivity contribution < 1.29 is 31.1 Å². The van der Waals surface area contributed by atoms with Crippen LogP contribution in [0, 0.1) is 5.82 Å². The molecule has 2 heterocycles. The van der Waals surface area contributed by atoms with Crippen LogP contribution in [0.3, 0.4) is 0 Å². The van der Waals surface area contributed by atoms with Crippen molar-refractivity contribution in [3.8, 4) is 22.5 Å². The van der Waals surface area contributed by atoms with Gasteiger partial charge in [0.05, 0.1) is 11.4 Å². The van der Waals surface area contributed by atoms with E-state index in [4.69, 9.17) is 16.7 Å². The van der Waals surface area contributed by atoms with Crippen LogP contribution in [0.2, 0.25) is 5.02 Å². The molecule has 1 amide bonds. The van der Waals surface area contributed by atoms with E-state index in [9.17, 15) is 21.6 Å². The number of nitrogens with zero attached hydrogens (tertiary/aromatic N) is 4. The lowest BCUT2D eigenvalue weighted by molar-refractivity contribution is 0.191. The molecule has 212 valence electrons. The summed E-state index contributed by atoms with van der Waals surface area (Å²) in [7, 11) is -8.39. The largest absolute Gasteiger partial charge is 0.465 e. The summed E-state index contributed by atoms with van der Waals surface area (Å²) in [5, 5.41) is 17.3. The zero-order valence-corrected chi connectivity index (χ0v) is 23.7. The molecule has 0 radical (unpaired) electrons. The maximum atomic E-state index is 15.7. The number of anilines is 2. The summed E-state index contributed by atoms with van der Waals surface area (Å²) in [5.74, 6) is -0.844. The van der Waals surface area contributed by atoms with Gasteiger partial charge in [-0.25, -0.2) is 36.0 Å². The quantitative estimate of drug-likeness (QED) is 0.253. The van der Waals surface area contributed by atoms with Crippen LogP contribution in [-0.2, 0) is 19.9 Å². The van der Waals surface area contributed by atoms with E-state index < -0.39 is 48.6 Å². The Kier molecular flexibility index (Phi) is 9.02. The van der Waals surface area contributed by atoms with Gasteiger partial charge in [-0.2, -0.15) is 5.10 Å². The van der Waals surface area contributed by atoms with Crippen molar-refractivity contribution in [2.75, 3.05) is 27.9 Å². The van der Waals surface area contributed by atoms with Gasteiger partial charge in [-0.15, -0.1) is 0 Å². The number of hydrogen-bond donors (Lipinski definition) is 4. The van der Waals surface area contributed by atoms with E-state index in [1.165, 1.54) is 12.3 Å². The fraction of sp³-hybridized carbons (Fsp3) is 0.364. The van der Waals surface area contributed by atoms with Gasteiger partial charge in [0.25, 0.3) is 0 Å². The Balaban J connectivity index is 2.06. The van der Waals surface area contributed by atoms with Crippen LogP contribution in [0.1, 0.15) is 26.8 Å². The average Bonchev–Trinajstić information content (AvgIpc) is 3.23. The average molecular weight is 604 g/mol. The molecule has 0 saturated carbocycles. The van der Waals surface area contributed by atoms with Crippen LogP contribution in [0.5, 0.6) is 0 Å². The molecular weight excluding hydrogens is 577 g/mol. The number of halogens is 2. The van der Waals surface area contributed by atoms with Gasteiger partial charge >= 0.3 is 6.09 Å². The molecule has 0 bridgehead atoms. The number of nitrogens with one attached hydrogen (secondary N) is 3. The first-order valence-corrected chi connectivity index (χ1v) is 15.5. The fourth-order valence-corrected chi connectivity index (χ4v) is 6.65. The molecule has 13 nitrogen and oxygen atoms in total. The van der Waals surface area contributed by atoms with Crippen molar-refractivity contribution in [3.05, 3.63) is 41.4 Å². The molecule has 0 aliphatic heterocycles. The third kappa shape index (κ3) is 8.24. The zero-order valence-electron chi connectivity index (χ0n) is 21.3. The molecule has 0 fully saturated rings. The molecule has 1 unspecified atom stereocenters. The van der Waals surface area contributed by atoms with Crippen molar-refractivity contribution in [2.24, 2.45) is 0 Å². The van der Waals surface area contributed by atoms with Gasteiger partial charge in [0.15, 0.2) is 20.7 Å². The molecule has 3 rings (SSSR count). The molecule has 1 atom stereocenters. The Morgan fingerprint density at radius 3 is 2.49 bits per heavy atom. The summed E-state index contributed by atoms with van der Waals surface area (Å²) in [6.45, 7) is 5.54. The Morgan fingerprint density at radius 1 is 1.18 bits per heavy atom. The van der Waals surface area contributed by atoms with Crippen molar-refractivity contribution in [1.82, 2.24) is 25.1 Å². The maximum absolute atomic E-state index is 15.7. The van der Waals surface area contributed by atoms with E-state index in [2.05, 4.69) is 25.7 Å². The lowest BCUT2D eigenvalue weighted by atomic mass is 10.0. The minimum atomic E-state index is -4.46. The maximum Gasteiger partial charge on any atom is 0.404 e. The van der Waals surface area contributed by atoms with Crippen LogP contribution in [0.15, 0.2) is 30.6 Å². The second-order valence-electron chi connectivity index (χ2n) is 9.04. The van der Waals surface area contributed by atoms with E-state index in [1.54, 1.807) is 23.9 Å². The minimum absolute atomic E-state index is 0.0292. The van der Waals surface area contributed by atoms with E-state index in [1.807, 2.05) is 18.6 Å². The van der Waals surface area contributed by atoms with Gasteiger partial charge < -0.3 is 15.7 Å². The summed E-state index contributed by atoms with van der Waals surface area (Å²) < 4.78 is 66.9. The molecule has 4 N–H and O–H groups in total. The summed E-state index contributed by atoms with van der Waals surface area (Å²) in [6, 6.07) is 3.27. The molecule has 2 aromatic heterocycles. The molecule has 0 aliphatic carbocycles. The van der Waals surface area contributed by atoms with Crippen LogP contribution < -0.4 is 15.4 Å². The first-order chi connectivity index (χ1) is 18.0. The van der Waals surface area contributed by atoms with Gasteiger partial charge in [-0.1, -0.05) is 11.6 Å². The Bertz CT molecular complexity index is 1600. The standard InChI is InChI=1S/C22H27ClFN7O6S2/c1-12(2)31-10-16(17-5-6-25-21(28-17)26-9-13(3)27-22(32)33)20(29-31)15-7-14(23)8-18(19(15)24)30-39(36,37)11-38(4,34)35/h5-8,10,12-13,27,30H,9,11H2,1-4H3,(H,32,33)(H,25,26,28). The smallest absolute Gasteiger partial charge is 0.404 e. The summed E-state index contributed by atoms with van der Waals surface area (Å²) >= 11 is 6.20. The van der Waals surface area contributed by atoms with Gasteiger partial charge in [-0.3, -0.25) is 9.40 Å². The molecule has 0 saturated heterocycles. The lowest BCUT2D eigenvalue weighted by Crippen LogP contribution is -2.36. The number of amides is 1. The first kappa shape index (κ1) is 30.0. The molecule has 0 spiro atoms. The van der Waals surface area contributed by atoms with Gasteiger partial charge in [0, 0.05) is 53.4 Å². The molecule has 39 heavy (non-hydrogen) atoms. The molecule has 1 aromatic carbocycles. The first-order valence-electron chi connectivity index (χ1n) is 11.4. The highest BCUT2D eigenvalue weighted by Gasteiger charge is 2.25. The fourth-order valence-electron chi connectivity index (χ4n) is 3.46. The monoisotopic (exact) mass is 603 g/mol. The second kappa shape index (κ2) is 11.7. The van der Waals surface area contributed by atoms with E-state index in [0.29, 0.717) is 11.3 Å². The Hall–Kier alpha value is -3.50. The molecule has 17 heteroatoms. The number of carbonyl (C=O) groups is 1. The highest BCUT2D eigenvalue weighted by atomic mass is 35.5. The topological polar surface area (TPSA) is 185 Å². The van der Waals surface area contributed by atoms with Crippen molar-refractivity contribution in [2.45, 2.75) is 32.9 Å². The molecular formula is C22H27ClFN7O6S2. The predicted octanol–water partition coefficient (Wildman–Crippen LogP) is 3.19. The predicted molar refractivity (Wildman–Crippen MR) is 145 cm³/mol. The number of aromatic nitrogens is 4. The van der Waals surface area contributed by atoms with E-state index >= 15 is 4.39 Å². The van der Waals surface area contributed by atoms with Crippen LogP contribution in [0.4, 0.5) is 20.8 Å². The lowest BCUT2D eigenvalue weighted by Gasteiger charge is -2.13. The SMILES string of the molecule is CC(CNc1nccc(-c2cn(C(C)C)nc2-c2cc(Cl)cc(NS(=O)(=O)CS(C)(=O)=O)c2F)n1)NC(=O)O. The molecule has 0 aliphatic rings. The van der Waals surface area contributed by atoms with Gasteiger partial charge in [-0.05, 0) is 39.0 Å². The third-order valence-electron chi connectivity index (χ3n) is 5.06. The summed E-state index contributed by atoms with van der Waals surface area (Å²) in [6.07, 6.45) is 2.65. The van der Waals surface area contributed by atoms with Crippen LogP contribution in [0.25, 0.3) is 22.5 Å². The van der Waals surface area contributed by atoms with Crippen molar-refractivity contribution in [3.63, 3.8) is 0 Å². The number of sulfonamides is 1. The van der Waals surface area contributed by atoms with Crippen molar-refractivity contribution >= 4 is 49.2 Å². The Labute approximate surface area is 229 Å². The summed E-state index contributed by atoms with van der Waals surface area (Å²) in [4.78, 5) is 19.4. The van der Waals surface area contributed by atoms with Gasteiger partial charge in [0.1, 0.15) is 5.69 Å².